The summed E-state index contributed by atoms with van der Waals surface area (Å²) in [5.74, 6) is -0.127. The molecule has 0 aliphatic rings. The molecule has 5 nitrogen and oxygen atoms in total. The maximum absolute atomic E-state index is 12.2. The van der Waals surface area contributed by atoms with Gasteiger partial charge in [-0.15, -0.1) is 0 Å². The van der Waals surface area contributed by atoms with Gasteiger partial charge in [0.15, 0.2) is 0 Å². The number of amides is 1. The minimum atomic E-state index is -0.127. The number of aliphatic hydroxyl groups is 1. The van der Waals surface area contributed by atoms with Gasteiger partial charge in [0, 0.05) is 24.2 Å². The second-order valence-electron chi connectivity index (χ2n) is 5.43. The van der Waals surface area contributed by atoms with Crippen LogP contribution in [0.15, 0.2) is 6.07 Å². The second-order valence-corrected chi connectivity index (χ2v) is 5.43. The Kier molecular flexibility index (Phi) is 4.90. The zero-order valence-corrected chi connectivity index (χ0v) is 11.7. The van der Waals surface area contributed by atoms with Gasteiger partial charge in [0.1, 0.15) is 5.69 Å². The Bertz CT molecular complexity index is 387. The summed E-state index contributed by atoms with van der Waals surface area (Å²) in [7, 11) is 0. The Labute approximate surface area is 108 Å². The molecule has 0 aliphatic carbocycles. The van der Waals surface area contributed by atoms with Crippen molar-refractivity contribution in [2.24, 2.45) is 0 Å². The fourth-order valence-electron chi connectivity index (χ4n) is 1.68. The Balaban J connectivity index is 2.85. The van der Waals surface area contributed by atoms with Gasteiger partial charge in [-0.1, -0.05) is 27.7 Å². The summed E-state index contributed by atoms with van der Waals surface area (Å²) < 4.78 is 0. The quantitative estimate of drug-likeness (QED) is 0.836. The number of hydrogen-bond donors (Lipinski definition) is 2. The Hall–Kier alpha value is -1.36. The van der Waals surface area contributed by atoms with Crippen molar-refractivity contribution in [1.82, 2.24) is 15.1 Å². The van der Waals surface area contributed by atoms with Gasteiger partial charge in [-0.3, -0.25) is 9.89 Å². The molecule has 0 spiro atoms. The average Bonchev–Trinajstić information content (AvgIpc) is 2.76. The van der Waals surface area contributed by atoms with Gasteiger partial charge < -0.3 is 10.0 Å². The van der Waals surface area contributed by atoms with Gasteiger partial charge in [0.05, 0.1) is 6.61 Å². The molecule has 0 radical (unpaired) electrons. The van der Waals surface area contributed by atoms with Crippen LogP contribution in [0.2, 0.25) is 0 Å². The van der Waals surface area contributed by atoms with E-state index in [2.05, 4.69) is 31.0 Å². The fourth-order valence-corrected chi connectivity index (χ4v) is 1.68. The van der Waals surface area contributed by atoms with E-state index in [0.717, 1.165) is 12.1 Å². The summed E-state index contributed by atoms with van der Waals surface area (Å²) in [6, 6.07) is 1.79. The van der Waals surface area contributed by atoms with Crippen LogP contribution in [0, 0.1) is 0 Å². The first-order valence-electron chi connectivity index (χ1n) is 6.36. The maximum Gasteiger partial charge on any atom is 0.274 e. The summed E-state index contributed by atoms with van der Waals surface area (Å²) in [4.78, 5) is 13.8. The van der Waals surface area contributed by atoms with Crippen molar-refractivity contribution in [2.75, 3.05) is 19.7 Å². The minimum Gasteiger partial charge on any atom is -0.395 e. The first-order valence-corrected chi connectivity index (χ1v) is 6.36. The third-order valence-corrected chi connectivity index (χ3v) is 2.76. The van der Waals surface area contributed by atoms with Gasteiger partial charge in [-0.2, -0.15) is 5.10 Å². The van der Waals surface area contributed by atoms with Crippen LogP contribution in [0.1, 0.15) is 50.3 Å². The lowest BCUT2D eigenvalue weighted by Crippen LogP contribution is -2.34. The van der Waals surface area contributed by atoms with E-state index in [4.69, 9.17) is 5.11 Å². The Morgan fingerprint density at radius 2 is 2.11 bits per heavy atom. The van der Waals surface area contributed by atoms with Crippen LogP contribution in [0.25, 0.3) is 0 Å². The molecule has 18 heavy (non-hydrogen) atoms. The molecule has 1 rings (SSSR count). The molecule has 0 aliphatic heterocycles. The molecule has 5 heteroatoms. The van der Waals surface area contributed by atoms with Crippen molar-refractivity contribution in [3.05, 3.63) is 17.5 Å². The number of carbonyl (C=O) groups is 1. The fraction of sp³-hybridized carbons (Fsp3) is 0.692. The van der Waals surface area contributed by atoms with Crippen molar-refractivity contribution in [2.45, 2.75) is 39.5 Å². The summed E-state index contributed by atoms with van der Waals surface area (Å²) in [5, 5.41) is 15.9. The number of aromatic nitrogens is 2. The lowest BCUT2D eigenvalue weighted by Gasteiger charge is -2.19. The van der Waals surface area contributed by atoms with Crippen LogP contribution in [0.5, 0.6) is 0 Å². The lowest BCUT2D eigenvalue weighted by atomic mass is 9.92. The van der Waals surface area contributed by atoms with E-state index in [9.17, 15) is 4.79 Å². The van der Waals surface area contributed by atoms with Gasteiger partial charge >= 0.3 is 0 Å². The standard InChI is InChI=1S/C13H23N3O2/c1-5-6-16(7-8-17)12(18)10-9-11(15-14-10)13(2,3)4/h9,17H,5-8H2,1-4H3,(H,14,15). The Morgan fingerprint density at radius 1 is 1.44 bits per heavy atom. The number of hydrogen-bond acceptors (Lipinski definition) is 3. The zero-order valence-electron chi connectivity index (χ0n) is 11.7. The summed E-state index contributed by atoms with van der Waals surface area (Å²) in [6.07, 6.45) is 0.863. The minimum absolute atomic E-state index is 0.0255. The van der Waals surface area contributed by atoms with Crippen LogP contribution in [-0.4, -0.2) is 45.8 Å². The predicted molar refractivity (Wildman–Crippen MR) is 70.6 cm³/mol. The molecule has 2 N–H and O–H groups in total. The molecule has 102 valence electrons. The molecule has 1 aromatic heterocycles. The normalized spacial score (nSPS) is 11.6. The summed E-state index contributed by atoms with van der Waals surface area (Å²) >= 11 is 0. The van der Waals surface area contributed by atoms with E-state index >= 15 is 0 Å². The molecule has 0 unspecified atom stereocenters. The van der Waals surface area contributed by atoms with Crippen molar-refractivity contribution in [1.29, 1.82) is 0 Å². The maximum atomic E-state index is 12.2. The van der Waals surface area contributed by atoms with Crippen molar-refractivity contribution in [3.63, 3.8) is 0 Å². The van der Waals surface area contributed by atoms with E-state index < -0.39 is 0 Å². The van der Waals surface area contributed by atoms with Gasteiger partial charge in [0.2, 0.25) is 0 Å². The number of H-pyrrole nitrogens is 1. The second kappa shape index (κ2) is 6.00. The molecule has 1 aromatic rings. The van der Waals surface area contributed by atoms with Gasteiger partial charge in [0.25, 0.3) is 5.91 Å². The van der Waals surface area contributed by atoms with E-state index in [1.165, 1.54) is 0 Å². The van der Waals surface area contributed by atoms with Crippen molar-refractivity contribution >= 4 is 5.91 Å². The highest BCUT2D eigenvalue weighted by atomic mass is 16.3. The van der Waals surface area contributed by atoms with E-state index in [1.54, 1.807) is 11.0 Å². The number of rotatable bonds is 5. The Morgan fingerprint density at radius 3 is 2.56 bits per heavy atom. The monoisotopic (exact) mass is 253 g/mol. The molecular weight excluding hydrogens is 230 g/mol. The third-order valence-electron chi connectivity index (χ3n) is 2.76. The van der Waals surface area contributed by atoms with Crippen LogP contribution in [0.4, 0.5) is 0 Å². The van der Waals surface area contributed by atoms with Crippen molar-refractivity contribution < 1.29 is 9.90 Å². The zero-order chi connectivity index (χ0) is 13.8. The summed E-state index contributed by atoms with van der Waals surface area (Å²) in [5.41, 5.74) is 1.30. The largest absolute Gasteiger partial charge is 0.395 e. The van der Waals surface area contributed by atoms with Crippen LogP contribution in [-0.2, 0) is 5.41 Å². The van der Waals surface area contributed by atoms with Crippen molar-refractivity contribution in [3.8, 4) is 0 Å². The molecule has 1 heterocycles. The number of nitrogens with zero attached hydrogens (tertiary/aromatic N) is 2. The number of nitrogens with one attached hydrogen (secondary N) is 1. The topological polar surface area (TPSA) is 69.2 Å². The molecule has 0 saturated heterocycles. The highest BCUT2D eigenvalue weighted by molar-refractivity contribution is 5.92. The predicted octanol–water partition coefficient (Wildman–Crippen LogP) is 1.55. The number of aromatic amines is 1. The SMILES string of the molecule is CCCN(CCO)C(=O)c1cc(C(C)(C)C)[nH]n1. The first kappa shape index (κ1) is 14.7. The van der Waals surface area contributed by atoms with Gasteiger partial charge in [-0.25, -0.2) is 0 Å². The molecule has 0 saturated carbocycles. The first-order chi connectivity index (χ1) is 8.40. The van der Waals surface area contributed by atoms with Crippen LogP contribution >= 0.6 is 0 Å². The third kappa shape index (κ3) is 3.57. The highest BCUT2D eigenvalue weighted by Crippen LogP contribution is 2.20. The highest BCUT2D eigenvalue weighted by Gasteiger charge is 2.22. The number of aliphatic hydroxyl groups excluding tert-OH is 1. The van der Waals surface area contributed by atoms with E-state index in [1.807, 2.05) is 6.92 Å². The number of carbonyl (C=O) groups excluding carboxylic acids is 1. The van der Waals surface area contributed by atoms with Crippen LogP contribution in [0.3, 0.4) is 0 Å². The molecule has 1 amide bonds. The molecule has 0 bridgehead atoms. The molecule has 0 aromatic carbocycles. The van der Waals surface area contributed by atoms with E-state index in [0.29, 0.717) is 18.8 Å². The lowest BCUT2D eigenvalue weighted by molar-refractivity contribution is 0.0716. The smallest absolute Gasteiger partial charge is 0.274 e. The summed E-state index contributed by atoms with van der Waals surface area (Å²) in [6.45, 7) is 9.15. The van der Waals surface area contributed by atoms with E-state index in [-0.39, 0.29) is 17.9 Å². The molecule has 0 atom stereocenters. The van der Waals surface area contributed by atoms with Crippen LogP contribution < -0.4 is 0 Å². The molecule has 0 fully saturated rings. The molecular formula is C13H23N3O2. The van der Waals surface area contributed by atoms with Gasteiger partial charge in [-0.05, 0) is 12.5 Å². The average molecular weight is 253 g/mol.